The number of likely N-dealkylation sites (N-methyl/N-ethyl adjacent to an activating group) is 1. The summed E-state index contributed by atoms with van der Waals surface area (Å²) in [6.07, 6.45) is 88.8. The maximum atomic E-state index is 13.6. The Balaban J connectivity index is 5.08. The largest absolute Gasteiger partial charge is 0.472 e. The lowest BCUT2D eigenvalue weighted by Crippen LogP contribution is -2.47. The highest BCUT2D eigenvalue weighted by Gasteiger charge is 2.30. The van der Waals surface area contributed by atoms with Gasteiger partial charge in [0, 0.05) is 12.8 Å². The highest BCUT2D eigenvalue weighted by atomic mass is 31.2. The number of esters is 1. The minimum atomic E-state index is -4.46. The van der Waals surface area contributed by atoms with E-state index in [2.05, 4.69) is 99.0 Å². The number of ether oxygens (including phenoxy) is 1. The fourth-order valence-corrected chi connectivity index (χ4v) is 11.4. The molecule has 2 N–H and O–H groups in total. The molecule has 0 aliphatic carbocycles. The van der Waals surface area contributed by atoms with Gasteiger partial charge in [0.05, 0.1) is 33.8 Å². The third-order valence-corrected chi connectivity index (χ3v) is 17.3. The fourth-order valence-electron chi connectivity index (χ4n) is 10.7. The van der Waals surface area contributed by atoms with E-state index in [-0.39, 0.29) is 31.5 Å². The van der Waals surface area contributed by atoms with Crippen LogP contribution >= 0.6 is 7.82 Å². The van der Waals surface area contributed by atoms with E-state index in [1.54, 1.807) is 0 Å². The van der Waals surface area contributed by atoms with Crippen molar-refractivity contribution in [2.45, 2.75) is 354 Å². The monoisotopic (exact) mass is 1240 g/mol. The average molecular weight is 1240 g/mol. The molecule has 0 fully saturated rings. The number of amides is 1. The predicted octanol–water partition coefficient (Wildman–Crippen LogP) is 23.7. The molecular weight excluding hydrogens is 1100 g/mol. The molecule has 3 unspecified atom stereocenters. The number of carbonyl (C=O) groups is 2. The number of allylic oxidation sites excluding steroid dienone is 13. The molecule has 0 bridgehead atoms. The Morgan fingerprint density at radius 3 is 1.11 bits per heavy atom. The van der Waals surface area contributed by atoms with Crippen molar-refractivity contribution < 1.29 is 37.3 Å². The van der Waals surface area contributed by atoms with Gasteiger partial charge in [0.1, 0.15) is 19.3 Å². The van der Waals surface area contributed by atoms with Gasteiger partial charge in [-0.15, -0.1) is 0 Å². The van der Waals surface area contributed by atoms with Gasteiger partial charge >= 0.3 is 13.8 Å². The number of carbonyl (C=O) groups excluding carboxylic acids is 2. The highest BCUT2D eigenvalue weighted by molar-refractivity contribution is 7.47. The molecule has 0 aromatic heterocycles. The molecule has 9 nitrogen and oxygen atoms in total. The van der Waals surface area contributed by atoms with E-state index in [0.29, 0.717) is 17.4 Å². The molecule has 0 aromatic rings. The van der Waals surface area contributed by atoms with Gasteiger partial charge in [-0.25, -0.2) is 4.57 Å². The van der Waals surface area contributed by atoms with E-state index in [4.69, 9.17) is 13.8 Å². The van der Waals surface area contributed by atoms with Crippen LogP contribution in [0.4, 0.5) is 0 Å². The molecule has 0 heterocycles. The Labute approximate surface area is 539 Å². The van der Waals surface area contributed by atoms with Gasteiger partial charge in [-0.3, -0.25) is 18.6 Å². The van der Waals surface area contributed by atoms with Crippen molar-refractivity contribution in [3.8, 4) is 0 Å². The number of nitrogens with zero attached hydrogens (tertiary/aromatic N) is 1. The summed E-state index contributed by atoms with van der Waals surface area (Å²) in [7, 11) is 1.49. The Morgan fingerprint density at radius 1 is 0.414 bits per heavy atom. The summed E-state index contributed by atoms with van der Waals surface area (Å²) in [6, 6.07) is -0.857. The zero-order valence-corrected chi connectivity index (χ0v) is 58.9. The van der Waals surface area contributed by atoms with E-state index < -0.39 is 20.0 Å². The lowest BCUT2D eigenvalue weighted by atomic mass is 10.0. The zero-order chi connectivity index (χ0) is 63.5. The molecule has 0 saturated heterocycles. The van der Waals surface area contributed by atoms with E-state index in [0.717, 1.165) is 103 Å². The molecule has 3 atom stereocenters. The van der Waals surface area contributed by atoms with Crippen molar-refractivity contribution in [2.24, 2.45) is 0 Å². The lowest BCUT2D eigenvalue weighted by molar-refractivity contribution is -0.870. The highest BCUT2D eigenvalue weighted by Crippen LogP contribution is 2.43. The Bertz CT molecular complexity index is 1760. The number of phosphoric acid groups is 1. The van der Waals surface area contributed by atoms with Crippen LogP contribution in [-0.4, -0.2) is 74.3 Å². The van der Waals surface area contributed by atoms with Gasteiger partial charge in [-0.2, -0.15) is 0 Å². The summed E-state index contributed by atoms with van der Waals surface area (Å²) in [5, 5.41) is 3.08. The summed E-state index contributed by atoms with van der Waals surface area (Å²) in [4.78, 5) is 38.0. The van der Waals surface area contributed by atoms with Crippen LogP contribution in [0.25, 0.3) is 0 Å². The fraction of sp³-hybridized carbons (Fsp3) is 0.792. The number of phosphoric ester groups is 1. The molecule has 0 aromatic carbocycles. The van der Waals surface area contributed by atoms with Gasteiger partial charge in [-0.05, 0) is 102 Å². The quantitative estimate of drug-likeness (QED) is 0.0205. The predicted molar refractivity (Wildman–Crippen MR) is 378 cm³/mol. The average Bonchev–Trinajstić information content (AvgIpc) is 3.70. The van der Waals surface area contributed by atoms with E-state index >= 15 is 0 Å². The second-order valence-electron chi connectivity index (χ2n) is 26.1. The normalized spacial score (nSPS) is 14.0. The molecule has 0 aliphatic heterocycles. The van der Waals surface area contributed by atoms with Crippen molar-refractivity contribution in [1.29, 1.82) is 0 Å². The molecule has 87 heavy (non-hydrogen) atoms. The molecule has 0 radical (unpaired) electrons. The van der Waals surface area contributed by atoms with Crippen molar-refractivity contribution in [2.75, 3.05) is 40.9 Å². The Hall–Kier alpha value is -2.81. The van der Waals surface area contributed by atoms with Gasteiger partial charge in [0.25, 0.3) is 0 Å². The smallest absolute Gasteiger partial charge is 0.456 e. The number of hydrogen-bond acceptors (Lipinski definition) is 6. The topological polar surface area (TPSA) is 111 Å². The second-order valence-corrected chi connectivity index (χ2v) is 27.5. The van der Waals surface area contributed by atoms with Crippen molar-refractivity contribution in [3.63, 3.8) is 0 Å². The number of rotatable bonds is 67. The van der Waals surface area contributed by atoms with Gasteiger partial charge in [-0.1, -0.05) is 312 Å². The first-order valence-electron chi connectivity index (χ1n) is 36.9. The first kappa shape index (κ1) is 84.2. The van der Waals surface area contributed by atoms with E-state index in [1.165, 1.54) is 205 Å². The molecule has 0 rings (SSSR count). The van der Waals surface area contributed by atoms with Crippen LogP contribution in [-0.2, 0) is 27.9 Å². The number of unbranched alkanes of at least 4 members (excludes halogenated alkanes) is 39. The summed E-state index contributed by atoms with van der Waals surface area (Å²) in [6.45, 7) is 6.93. The third kappa shape index (κ3) is 67.4. The summed E-state index contributed by atoms with van der Waals surface area (Å²) >= 11 is 0. The standard InChI is InChI=1S/C77H141N2O7P/c1-7-10-13-16-19-22-25-28-30-32-34-36-38-39-41-42-44-46-48-51-54-57-60-63-66-69-76(80)78-74(73-85-87(82,83)84-72-71-79(4,5)6)75(68-65-62-59-56-53-50-27-24-21-18-15-12-9-3)86-77(81)70-67-64-61-58-55-52-49-47-45-43-40-37-35-33-31-29-26-23-20-17-14-11-8-2/h11,14,20,23,28-31,35,37,43,45,65,68,74-75H,7-10,12-13,15-19,21-22,24-27,32-34,36,38-42,44,46-64,66-67,69-73H2,1-6H3,(H-,78,80,82,83)/p+1/b14-11-,23-20-,30-28+,31-29-,37-35-,45-43-,68-65+. The molecule has 506 valence electrons. The van der Waals surface area contributed by atoms with Crippen LogP contribution in [0.15, 0.2) is 85.1 Å². The summed E-state index contributed by atoms with van der Waals surface area (Å²) < 4.78 is 30.9. The second kappa shape index (κ2) is 66.1. The Morgan fingerprint density at radius 2 is 0.736 bits per heavy atom. The van der Waals surface area contributed by atoms with Gasteiger partial charge in [0.2, 0.25) is 5.91 Å². The molecular formula is C77H142N2O7P+. The number of nitrogens with one attached hydrogen (secondary N) is 1. The van der Waals surface area contributed by atoms with Crippen LogP contribution in [0.2, 0.25) is 0 Å². The van der Waals surface area contributed by atoms with Crippen LogP contribution in [0, 0.1) is 0 Å². The zero-order valence-electron chi connectivity index (χ0n) is 58.0. The van der Waals surface area contributed by atoms with Crippen molar-refractivity contribution >= 4 is 19.7 Å². The Kier molecular flexibility index (Phi) is 64.0. The van der Waals surface area contributed by atoms with Crippen LogP contribution in [0.1, 0.15) is 342 Å². The first-order chi connectivity index (χ1) is 42.4. The maximum Gasteiger partial charge on any atom is 0.472 e. The third-order valence-electron chi connectivity index (χ3n) is 16.3. The SMILES string of the molecule is CC/C=C\C/C=C\C/C=C\C/C=C\C/C=C\CCCCCCCCCC(=O)OC(/C=C/CCCCCCCCCCCCC)C(COP(=O)(O)OCC[N+](C)(C)C)NC(=O)CCCCCCCCCCCCCCCCC/C=C/CCCCCCCC. The van der Waals surface area contributed by atoms with Crippen molar-refractivity contribution in [3.05, 3.63) is 85.1 Å². The molecule has 1 amide bonds. The van der Waals surface area contributed by atoms with Crippen LogP contribution in [0.3, 0.4) is 0 Å². The molecule has 0 aliphatic rings. The summed E-state index contributed by atoms with van der Waals surface area (Å²) in [5.41, 5.74) is 0. The van der Waals surface area contributed by atoms with E-state index in [1.807, 2.05) is 33.3 Å². The summed E-state index contributed by atoms with van der Waals surface area (Å²) in [5.74, 6) is -0.508. The first-order valence-corrected chi connectivity index (χ1v) is 38.4. The molecule has 10 heteroatoms. The number of quaternary nitrogens is 1. The van der Waals surface area contributed by atoms with Crippen LogP contribution < -0.4 is 5.32 Å². The van der Waals surface area contributed by atoms with Gasteiger partial charge in [0.15, 0.2) is 0 Å². The van der Waals surface area contributed by atoms with E-state index in [9.17, 15) is 19.0 Å². The minimum absolute atomic E-state index is 0.0365. The lowest BCUT2D eigenvalue weighted by Gasteiger charge is -2.27. The van der Waals surface area contributed by atoms with Crippen molar-refractivity contribution in [1.82, 2.24) is 5.32 Å². The minimum Gasteiger partial charge on any atom is -0.456 e. The van der Waals surface area contributed by atoms with Crippen LogP contribution in [0.5, 0.6) is 0 Å². The maximum absolute atomic E-state index is 13.6. The number of hydrogen-bond donors (Lipinski definition) is 2. The van der Waals surface area contributed by atoms with Gasteiger partial charge < -0.3 is 19.4 Å². The molecule has 0 saturated carbocycles. The molecule has 0 spiro atoms.